The zero-order chi connectivity index (χ0) is 93.7. The number of fused-ring (bicyclic) bond motifs is 9. The number of esters is 1. The molecule has 0 fully saturated rings. The first-order valence-electron chi connectivity index (χ1n) is 41.9. The number of primary amides is 1. The molecule has 9 atom stereocenters. The van der Waals surface area contributed by atoms with Crippen LogP contribution < -0.4 is 70.2 Å². The van der Waals surface area contributed by atoms with Crippen molar-refractivity contribution in [1.29, 1.82) is 0 Å². The van der Waals surface area contributed by atoms with Crippen molar-refractivity contribution in [3.05, 3.63) is 151 Å². The van der Waals surface area contributed by atoms with Crippen LogP contribution in [0.5, 0.6) is 0 Å². The van der Waals surface area contributed by atoms with E-state index in [1.54, 1.807) is 26.0 Å². The lowest BCUT2D eigenvalue weighted by Crippen LogP contribution is -2.58. The number of aromatic nitrogens is 8. The van der Waals surface area contributed by atoms with Gasteiger partial charge in [0.25, 0.3) is 21.6 Å². The molecule has 7 heterocycles. The molecule has 8 bridgehead atoms. The van der Waals surface area contributed by atoms with Gasteiger partial charge in [-0.3, -0.25) is 72.2 Å². The zero-order valence-electron chi connectivity index (χ0n) is 73.4. The second-order valence-electron chi connectivity index (χ2n) is 33.9. The minimum atomic E-state index is -4.57. The van der Waals surface area contributed by atoms with Crippen LogP contribution in [0.2, 0.25) is 0 Å². The summed E-state index contributed by atoms with van der Waals surface area (Å²) in [6.07, 6.45) is 0.252. The minimum Gasteiger partial charge on any atom is -0.480 e. The number of hydrogen-bond acceptors (Lipinski definition) is 25. The fraction of sp³-hybridized carbons (Fsp3) is 0.460. The summed E-state index contributed by atoms with van der Waals surface area (Å²) in [5, 5.41) is 36.4. The maximum Gasteiger partial charge on any atom is 0.407 e. The number of aryl methyl sites for hydroxylation is 2. The van der Waals surface area contributed by atoms with Crippen LogP contribution >= 0.6 is 0 Å². The van der Waals surface area contributed by atoms with Gasteiger partial charge in [0, 0.05) is 122 Å². The molecule has 2 aromatic carbocycles. The van der Waals surface area contributed by atoms with E-state index in [1.807, 2.05) is 52.8 Å². The maximum absolute atomic E-state index is 14.7. The predicted octanol–water partition coefficient (Wildman–Crippen LogP) is 6.71. The van der Waals surface area contributed by atoms with Gasteiger partial charge in [-0.1, -0.05) is 46.8 Å². The highest BCUT2D eigenvalue weighted by atomic mass is 32.2. The fourth-order valence-corrected chi connectivity index (χ4v) is 16.2. The average molecular weight is 1790 g/mol. The number of carboxylic acid groups (broad SMARTS) is 1. The van der Waals surface area contributed by atoms with Crippen molar-refractivity contribution in [2.45, 2.75) is 225 Å². The Kier molecular flexibility index (Phi) is 31.1. The van der Waals surface area contributed by atoms with Gasteiger partial charge in [0.05, 0.1) is 54.4 Å². The van der Waals surface area contributed by atoms with Crippen molar-refractivity contribution in [1.82, 2.24) is 82.4 Å². The lowest BCUT2D eigenvalue weighted by Gasteiger charge is -2.32. The number of benzene rings is 2. The first kappa shape index (κ1) is 96.6. The van der Waals surface area contributed by atoms with Gasteiger partial charge < -0.3 is 89.2 Å². The van der Waals surface area contributed by atoms with Gasteiger partial charge in [0.1, 0.15) is 36.7 Å². The molecule has 0 saturated carbocycles. The number of amides is 10. The van der Waals surface area contributed by atoms with E-state index in [1.165, 1.54) is 70.5 Å². The van der Waals surface area contributed by atoms with Crippen LogP contribution in [-0.4, -0.2) is 196 Å². The smallest absolute Gasteiger partial charge is 0.407 e. The summed E-state index contributed by atoms with van der Waals surface area (Å²) in [6, 6.07) is 10.4. The molecule has 1 unspecified atom stereocenters. The number of nitrogen functional groups attached to an aromatic ring is 1. The second-order valence-corrected chi connectivity index (χ2v) is 35.5. The lowest BCUT2D eigenvalue weighted by molar-refractivity contribution is -0.141. The number of nitrogens with zero attached hydrogens (tertiary/aromatic N) is 5. The molecule has 10 amide bonds. The van der Waals surface area contributed by atoms with Gasteiger partial charge in [-0.25, -0.2) is 24.4 Å². The first-order chi connectivity index (χ1) is 60.3. The highest BCUT2D eigenvalue weighted by Gasteiger charge is 2.46. The van der Waals surface area contributed by atoms with E-state index >= 15 is 0 Å². The number of nitrogens with two attached hydrogens (primary N) is 2. The van der Waals surface area contributed by atoms with Gasteiger partial charge in [0.2, 0.25) is 41.4 Å². The highest BCUT2D eigenvalue weighted by molar-refractivity contribution is 7.85. The predicted molar refractivity (Wildman–Crippen MR) is 471 cm³/mol. The molecule has 41 heteroatoms. The number of methoxy groups -OCH3 is 1. The minimum absolute atomic E-state index is 0.00205. The second kappa shape index (κ2) is 41.2. The van der Waals surface area contributed by atoms with E-state index in [2.05, 4.69) is 96.9 Å². The Balaban J connectivity index is 0.732. The van der Waals surface area contributed by atoms with Crippen molar-refractivity contribution >= 4 is 138 Å². The van der Waals surface area contributed by atoms with Crippen LogP contribution in [0.15, 0.2) is 77.7 Å². The molecule has 684 valence electrons. The first-order valence-corrected chi connectivity index (χ1v) is 43.5. The molecule has 40 nitrogen and oxygen atoms in total. The molecule has 19 N–H and O–H groups in total. The van der Waals surface area contributed by atoms with E-state index < -0.39 is 166 Å². The molecule has 7 aromatic rings. The SMILES string of the molecule is CC[C@@H]1c2cc3[nH]c4c(c3C)C(=O)C(C(=O)OC)c4c3nc(cc4[nH]c(cc(n2)[C@H]1C)c(C(C)=O)c4C)[C@H](C)[C@H]3CCC(=O)NC(C)(C)CCC(C)(C)NC(=O)OCc1ccc(NC(=O)[C@H](CCCNC(N)=O)NC(=O)[C@@H](NC(=O)[C@H](CC(=O)NCCS(=O)(=O)O)NC(=O)CC[C@H](NC(=O)c2ccc(NCc3cnc4nc(N)[nH]c(=O)c4n3)cc2)C(=O)O)C(C)C)cc1. The molecular formula is C87H110N20O20S. The van der Waals surface area contributed by atoms with Gasteiger partial charge in [-0.15, -0.1) is 0 Å². The summed E-state index contributed by atoms with van der Waals surface area (Å²) < 4.78 is 43.1. The molecule has 0 saturated heterocycles. The number of rotatable bonds is 39. The van der Waals surface area contributed by atoms with Crippen LogP contribution in [0, 0.1) is 19.8 Å². The van der Waals surface area contributed by atoms with Crippen molar-refractivity contribution in [3.63, 3.8) is 0 Å². The summed E-state index contributed by atoms with van der Waals surface area (Å²) in [7, 11) is -3.34. The third-order valence-electron chi connectivity index (χ3n) is 22.9. The summed E-state index contributed by atoms with van der Waals surface area (Å²) in [5.74, 6) is -12.9. The number of Topliss-reactive ketones (excluding diaryl/α,β-unsaturated/α-hetero) is 2. The van der Waals surface area contributed by atoms with Crippen LogP contribution in [0.25, 0.3) is 33.2 Å². The highest BCUT2D eigenvalue weighted by Crippen LogP contribution is 2.49. The van der Waals surface area contributed by atoms with Crippen molar-refractivity contribution < 1.29 is 89.9 Å². The number of H-pyrrole nitrogens is 3. The molecule has 5 aromatic heterocycles. The molecule has 2 aliphatic heterocycles. The van der Waals surface area contributed by atoms with Crippen LogP contribution in [0.4, 0.5) is 26.9 Å². The van der Waals surface area contributed by atoms with E-state index in [4.69, 9.17) is 30.9 Å². The van der Waals surface area contributed by atoms with E-state index in [0.29, 0.717) is 91.1 Å². The number of anilines is 3. The maximum atomic E-state index is 14.7. The number of ether oxygens (including phenoxy) is 2. The van der Waals surface area contributed by atoms with Gasteiger partial charge >= 0.3 is 24.1 Å². The number of carboxylic acids is 1. The summed E-state index contributed by atoms with van der Waals surface area (Å²) in [5.41, 5.74) is 17.9. The molecule has 128 heavy (non-hydrogen) atoms. The fourth-order valence-electron chi connectivity index (χ4n) is 15.8. The number of aromatic amines is 3. The van der Waals surface area contributed by atoms with E-state index in [0.717, 1.165) is 17.8 Å². The van der Waals surface area contributed by atoms with E-state index in [-0.39, 0.29) is 103 Å². The van der Waals surface area contributed by atoms with Gasteiger partial charge in [-0.05, 0) is 171 Å². The Hall–Kier alpha value is -13.6. The third-order valence-corrected chi connectivity index (χ3v) is 23.7. The topological polar surface area (TPSA) is 616 Å². The summed E-state index contributed by atoms with van der Waals surface area (Å²) in [6.45, 7) is 21.0. The molecule has 0 spiro atoms. The molecule has 1 aliphatic carbocycles. The number of carbonyl (C=O) groups is 13. The molecule has 10 rings (SSSR count). The quantitative estimate of drug-likeness (QED) is 0.00626. The number of alkyl carbamates (subject to hydrolysis) is 1. The number of hydrogen-bond donors (Lipinski definition) is 17. The van der Waals surface area contributed by atoms with Gasteiger partial charge in [-0.2, -0.15) is 13.4 Å². The monoisotopic (exact) mass is 1790 g/mol. The number of urea groups is 1. The number of nitrogens with one attached hydrogen (secondary N) is 13. The summed E-state index contributed by atoms with van der Waals surface area (Å²) >= 11 is 0. The van der Waals surface area contributed by atoms with Crippen molar-refractivity contribution in [3.8, 4) is 0 Å². The average Bonchev–Trinajstić information content (AvgIpc) is 1.56. The lowest BCUT2D eigenvalue weighted by atomic mass is 9.83. The van der Waals surface area contributed by atoms with Crippen LogP contribution in [-0.2, 0) is 71.1 Å². The Morgan fingerprint density at radius 1 is 0.680 bits per heavy atom. The zero-order valence-corrected chi connectivity index (χ0v) is 74.2. The summed E-state index contributed by atoms with van der Waals surface area (Å²) in [4.78, 5) is 221. The van der Waals surface area contributed by atoms with Crippen LogP contribution in [0.3, 0.4) is 0 Å². The molecule has 3 aliphatic rings. The number of carbonyl (C=O) groups excluding carboxylic acids is 12. The Labute approximate surface area is 736 Å². The van der Waals surface area contributed by atoms with Gasteiger partial charge in [0.15, 0.2) is 22.7 Å². The normalized spacial score (nSPS) is 16.3. The third kappa shape index (κ3) is 24.5. The number of aliphatic carboxylic acids is 1. The van der Waals surface area contributed by atoms with Crippen molar-refractivity contribution in [2.24, 2.45) is 11.7 Å². The van der Waals surface area contributed by atoms with Crippen molar-refractivity contribution in [2.75, 3.05) is 42.3 Å². The Bertz CT molecular complexity index is 5850. The van der Waals surface area contributed by atoms with E-state index in [9.17, 15) is 85.2 Å². The molecular weight excluding hydrogens is 1680 g/mol. The largest absolute Gasteiger partial charge is 0.480 e. The molecule has 0 radical (unpaired) electrons. The number of ketones is 2. The Morgan fingerprint density at radius 3 is 1.98 bits per heavy atom. The standard InChI is InChI=1S/C87H110N20O20S/c1-14-52-42(4)56-36-61-66(46(8)108)44(6)58(97-61)34-57-43(5)53(71(99-57)68-69(82(120)126-13)74(112)67-45(7)59(100-72(67)68)35-60(52)96-56)25-27-64(110)106-86(9,10)29-30-87(11,12)107-85(122)127-40-47-17-21-50(22-18-47)95-77(114)54(16-15-31-91-84(89)121)101-79(116)70(41(2)3)103-78(115)62(37-65(111)90-32-33-128(123,124)125)98-63(109)28-26-55(81(118)119)102-76(113)48-19-23-49(24-20-48)92-38-51-39-93-75-73(94-51)80(117)105-83(88)104-75/h17-24,34-36,39,41-43,52-55,62,69-70,92,97,100H,14-16,25-33,37-38,40H2,1-13H3,(H,90,111)(H,95,114)(H,98,109)(H,101,116)(H,102,113)(H,103,115)(H,106,110)(H,107,122)(H,118,119)(H3,89,91,121)(H,123,124,125)(H3,88,93,104,105,117)/t42-,43+,52-,53+,54-,55-,62-,69?,70-/m0/s1. The van der Waals surface area contributed by atoms with Crippen LogP contribution in [0.1, 0.15) is 245 Å². The Morgan fingerprint density at radius 2 is 1.33 bits per heavy atom.